The Balaban J connectivity index is 3.06. The molecule has 0 unspecified atom stereocenters. The van der Waals surface area contributed by atoms with E-state index in [-0.39, 0.29) is 23.0 Å². The van der Waals surface area contributed by atoms with Crippen LogP contribution in [0.15, 0.2) is 28.0 Å². The largest absolute Gasteiger partial charge is 0.510 e. The van der Waals surface area contributed by atoms with Gasteiger partial charge in [0.25, 0.3) is 5.91 Å². The van der Waals surface area contributed by atoms with Crippen LogP contribution in [0, 0.1) is 0 Å². The standard InChI is InChI=1S/C9H11N5O3/c1-4(15)6(5(2)16)13-14-9-7(8(10)17)11-3-12-9/h3,15H,1-2H3,(H2,10,17)(H,11,12)/b6-4-,14-13?. The second kappa shape index (κ2) is 5.01. The van der Waals surface area contributed by atoms with Gasteiger partial charge in [0, 0.05) is 6.92 Å². The number of allylic oxidation sites excluding steroid dienone is 2. The van der Waals surface area contributed by atoms with E-state index in [0.717, 1.165) is 0 Å². The molecule has 1 aromatic heterocycles. The summed E-state index contributed by atoms with van der Waals surface area (Å²) in [5.74, 6) is -1.51. The van der Waals surface area contributed by atoms with Crippen LogP contribution in [0.3, 0.4) is 0 Å². The van der Waals surface area contributed by atoms with Gasteiger partial charge >= 0.3 is 0 Å². The number of carbonyl (C=O) groups excluding carboxylic acids is 2. The molecule has 1 amide bonds. The third-order valence-electron chi connectivity index (χ3n) is 1.79. The topological polar surface area (TPSA) is 134 Å². The van der Waals surface area contributed by atoms with E-state index in [2.05, 4.69) is 20.2 Å². The van der Waals surface area contributed by atoms with Crippen molar-refractivity contribution in [2.24, 2.45) is 16.0 Å². The predicted octanol–water partition coefficient (Wildman–Crippen LogP) is 0.971. The van der Waals surface area contributed by atoms with E-state index < -0.39 is 11.7 Å². The summed E-state index contributed by atoms with van der Waals surface area (Å²) in [6.07, 6.45) is 1.22. The normalized spacial score (nSPS) is 12.6. The molecule has 8 heteroatoms. The number of nitrogens with two attached hydrogens (primary N) is 1. The lowest BCUT2D eigenvalue weighted by Crippen LogP contribution is -2.11. The van der Waals surface area contributed by atoms with Crippen LogP contribution >= 0.6 is 0 Å². The third-order valence-corrected chi connectivity index (χ3v) is 1.79. The second-order valence-corrected chi connectivity index (χ2v) is 3.16. The van der Waals surface area contributed by atoms with Gasteiger partial charge < -0.3 is 15.8 Å². The molecule has 0 radical (unpaired) electrons. The van der Waals surface area contributed by atoms with Gasteiger partial charge in [-0.1, -0.05) is 0 Å². The van der Waals surface area contributed by atoms with Gasteiger partial charge in [-0.2, -0.15) is 0 Å². The van der Waals surface area contributed by atoms with Gasteiger partial charge in [0.05, 0.1) is 6.33 Å². The number of hydrogen-bond acceptors (Lipinski definition) is 6. The Bertz CT molecular complexity index is 510. The first kappa shape index (κ1) is 12.6. The number of aliphatic hydroxyl groups excluding tert-OH is 1. The molecule has 1 aromatic rings. The van der Waals surface area contributed by atoms with E-state index in [9.17, 15) is 14.7 Å². The molecule has 1 rings (SSSR count). The minimum atomic E-state index is -0.745. The van der Waals surface area contributed by atoms with Gasteiger partial charge in [-0.05, 0) is 6.92 Å². The first-order chi connectivity index (χ1) is 7.93. The van der Waals surface area contributed by atoms with E-state index in [4.69, 9.17) is 5.73 Å². The van der Waals surface area contributed by atoms with Crippen molar-refractivity contribution in [1.82, 2.24) is 9.97 Å². The number of aliphatic hydroxyl groups is 1. The Kier molecular flexibility index (Phi) is 3.70. The number of nitrogens with zero attached hydrogens (tertiary/aromatic N) is 3. The molecule has 0 bridgehead atoms. The van der Waals surface area contributed by atoms with Crippen molar-refractivity contribution < 1.29 is 14.7 Å². The van der Waals surface area contributed by atoms with Crippen molar-refractivity contribution in [2.45, 2.75) is 13.8 Å². The number of rotatable bonds is 4. The maximum Gasteiger partial charge on any atom is 0.269 e. The summed E-state index contributed by atoms with van der Waals surface area (Å²) in [6.45, 7) is 2.53. The van der Waals surface area contributed by atoms with Crippen LogP contribution in [0.1, 0.15) is 24.3 Å². The van der Waals surface area contributed by atoms with E-state index >= 15 is 0 Å². The first-order valence-electron chi connectivity index (χ1n) is 4.59. The molecule has 0 atom stereocenters. The second-order valence-electron chi connectivity index (χ2n) is 3.16. The van der Waals surface area contributed by atoms with Crippen LogP contribution < -0.4 is 5.73 Å². The Morgan fingerprint density at radius 2 is 2.12 bits per heavy atom. The zero-order valence-corrected chi connectivity index (χ0v) is 9.26. The van der Waals surface area contributed by atoms with Crippen LogP contribution in [-0.4, -0.2) is 26.8 Å². The van der Waals surface area contributed by atoms with Crippen molar-refractivity contribution >= 4 is 17.5 Å². The van der Waals surface area contributed by atoms with Crippen molar-refractivity contribution in [1.29, 1.82) is 0 Å². The molecule has 90 valence electrons. The van der Waals surface area contributed by atoms with Crippen LogP contribution in [0.5, 0.6) is 0 Å². The monoisotopic (exact) mass is 237 g/mol. The van der Waals surface area contributed by atoms with Crippen LogP contribution in [0.25, 0.3) is 0 Å². The zero-order chi connectivity index (χ0) is 13.0. The van der Waals surface area contributed by atoms with Gasteiger partial charge in [0.2, 0.25) is 5.82 Å². The molecule has 0 spiro atoms. The molecule has 0 saturated heterocycles. The number of hydrogen-bond donors (Lipinski definition) is 3. The van der Waals surface area contributed by atoms with E-state index in [0.29, 0.717) is 0 Å². The van der Waals surface area contributed by atoms with Gasteiger partial charge in [-0.25, -0.2) is 4.98 Å². The molecule has 0 aromatic carbocycles. The summed E-state index contributed by atoms with van der Waals surface area (Å²) in [5, 5.41) is 16.3. The summed E-state index contributed by atoms with van der Waals surface area (Å²) in [5.41, 5.74) is 4.82. The maximum absolute atomic E-state index is 11.1. The Labute approximate surface area is 96.3 Å². The number of Topliss-reactive ketones (excluding diaryl/α,β-unsaturated/α-hetero) is 1. The van der Waals surface area contributed by atoms with E-state index in [1.165, 1.54) is 20.2 Å². The molecule has 0 saturated carbocycles. The molecular formula is C9H11N5O3. The number of azo groups is 1. The number of amides is 1. The molecule has 1 heterocycles. The molecule has 8 nitrogen and oxygen atoms in total. The SMILES string of the molecule is CC(=O)/C(N=Nc1nc[nH]c1C(N)=O)=C(\C)O. The number of aromatic amines is 1. The molecular weight excluding hydrogens is 226 g/mol. The fraction of sp³-hybridized carbons (Fsp3) is 0.222. The van der Waals surface area contributed by atoms with Gasteiger partial charge in [0.15, 0.2) is 17.2 Å². The van der Waals surface area contributed by atoms with Gasteiger partial charge in [0.1, 0.15) is 5.76 Å². The minimum absolute atomic E-state index is 0.0211. The molecule has 0 aliphatic rings. The number of ketones is 1. The average Bonchev–Trinajstić information content (AvgIpc) is 2.64. The van der Waals surface area contributed by atoms with Crippen molar-refractivity contribution in [2.75, 3.05) is 0 Å². The van der Waals surface area contributed by atoms with E-state index in [1.54, 1.807) is 0 Å². The highest BCUT2D eigenvalue weighted by atomic mass is 16.3. The van der Waals surface area contributed by atoms with E-state index in [1.807, 2.05) is 0 Å². The van der Waals surface area contributed by atoms with Gasteiger partial charge in [-0.15, -0.1) is 10.2 Å². The smallest absolute Gasteiger partial charge is 0.269 e. The van der Waals surface area contributed by atoms with Gasteiger partial charge in [-0.3, -0.25) is 9.59 Å². The fourth-order valence-corrected chi connectivity index (χ4v) is 1.04. The average molecular weight is 237 g/mol. The number of imidazole rings is 1. The highest BCUT2D eigenvalue weighted by Crippen LogP contribution is 2.15. The first-order valence-corrected chi connectivity index (χ1v) is 4.59. The highest BCUT2D eigenvalue weighted by molar-refractivity contribution is 5.95. The highest BCUT2D eigenvalue weighted by Gasteiger charge is 2.12. The maximum atomic E-state index is 11.1. The lowest BCUT2D eigenvalue weighted by Gasteiger charge is -1.96. The Hall–Kier alpha value is -2.51. The number of aromatic nitrogens is 2. The fourth-order valence-electron chi connectivity index (χ4n) is 1.04. The number of carbonyl (C=O) groups is 2. The summed E-state index contributed by atoms with van der Waals surface area (Å²) in [7, 11) is 0. The molecule has 0 aliphatic heterocycles. The van der Waals surface area contributed by atoms with Crippen LogP contribution in [0.4, 0.5) is 5.82 Å². The van der Waals surface area contributed by atoms with Crippen molar-refractivity contribution in [3.63, 3.8) is 0 Å². The van der Waals surface area contributed by atoms with Crippen molar-refractivity contribution in [3.05, 3.63) is 23.5 Å². The third kappa shape index (κ3) is 2.97. The molecule has 17 heavy (non-hydrogen) atoms. The molecule has 0 aliphatic carbocycles. The number of nitrogens with one attached hydrogen (secondary N) is 1. The summed E-state index contributed by atoms with van der Waals surface area (Å²) >= 11 is 0. The number of H-pyrrole nitrogens is 1. The molecule has 4 N–H and O–H groups in total. The summed E-state index contributed by atoms with van der Waals surface area (Å²) in [6, 6.07) is 0. The lowest BCUT2D eigenvalue weighted by atomic mass is 10.3. The summed E-state index contributed by atoms with van der Waals surface area (Å²) < 4.78 is 0. The van der Waals surface area contributed by atoms with Crippen LogP contribution in [0.2, 0.25) is 0 Å². The Morgan fingerprint density at radius 1 is 1.47 bits per heavy atom. The molecule has 0 fully saturated rings. The zero-order valence-electron chi connectivity index (χ0n) is 9.26. The minimum Gasteiger partial charge on any atom is -0.510 e. The van der Waals surface area contributed by atoms with Crippen LogP contribution in [-0.2, 0) is 4.79 Å². The lowest BCUT2D eigenvalue weighted by molar-refractivity contribution is -0.113. The quantitative estimate of drug-likeness (QED) is 0.408. The predicted molar refractivity (Wildman–Crippen MR) is 57.6 cm³/mol. The number of primary amides is 1. The Morgan fingerprint density at radius 3 is 2.59 bits per heavy atom. The van der Waals surface area contributed by atoms with Crippen molar-refractivity contribution in [3.8, 4) is 0 Å². The summed E-state index contributed by atoms with van der Waals surface area (Å²) in [4.78, 5) is 28.2.